The van der Waals surface area contributed by atoms with Gasteiger partial charge in [0.25, 0.3) is 5.91 Å². The molecular formula is C15H7F5N2O2S. The van der Waals surface area contributed by atoms with Crippen molar-refractivity contribution in [2.75, 3.05) is 5.32 Å². The number of amides is 1. The van der Waals surface area contributed by atoms with Gasteiger partial charge < -0.3 is 4.74 Å². The number of carbonyl (C=O) groups is 1. The van der Waals surface area contributed by atoms with Crippen molar-refractivity contribution >= 4 is 32.6 Å². The second-order valence-electron chi connectivity index (χ2n) is 4.78. The highest BCUT2D eigenvalue weighted by molar-refractivity contribution is 7.22. The van der Waals surface area contributed by atoms with Crippen LogP contribution >= 0.6 is 11.3 Å². The molecule has 0 spiro atoms. The van der Waals surface area contributed by atoms with Crippen LogP contribution in [-0.2, 0) is 0 Å². The van der Waals surface area contributed by atoms with E-state index in [-0.39, 0.29) is 10.7 Å². The maximum Gasteiger partial charge on any atom is 0.573 e. The highest BCUT2D eigenvalue weighted by Crippen LogP contribution is 2.31. The molecule has 2 aromatic carbocycles. The number of halogens is 5. The van der Waals surface area contributed by atoms with Gasteiger partial charge in [-0.05, 0) is 30.3 Å². The number of nitrogens with one attached hydrogen (secondary N) is 1. The molecule has 0 bridgehead atoms. The molecule has 0 unspecified atom stereocenters. The van der Waals surface area contributed by atoms with Crippen LogP contribution in [-0.4, -0.2) is 17.3 Å². The molecule has 0 radical (unpaired) electrons. The minimum atomic E-state index is -4.82. The van der Waals surface area contributed by atoms with Crippen molar-refractivity contribution in [1.82, 2.24) is 4.98 Å². The number of fused-ring (bicyclic) bond motifs is 1. The summed E-state index contributed by atoms with van der Waals surface area (Å²) in [6, 6.07) is 6.16. The number of rotatable bonds is 3. The quantitative estimate of drug-likeness (QED) is 0.675. The number of hydrogen-bond acceptors (Lipinski definition) is 4. The smallest absolute Gasteiger partial charge is 0.406 e. The molecule has 0 aliphatic carbocycles. The highest BCUT2D eigenvalue weighted by Gasteiger charge is 2.31. The zero-order chi connectivity index (χ0) is 18.2. The summed E-state index contributed by atoms with van der Waals surface area (Å²) in [6.07, 6.45) is -4.82. The van der Waals surface area contributed by atoms with Gasteiger partial charge in [-0.3, -0.25) is 10.1 Å². The largest absolute Gasteiger partial charge is 0.573 e. The molecule has 1 N–H and O–H groups in total. The topological polar surface area (TPSA) is 51.2 Å². The summed E-state index contributed by atoms with van der Waals surface area (Å²) in [7, 11) is 0. The minimum Gasteiger partial charge on any atom is -0.406 e. The van der Waals surface area contributed by atoms with Gasteiger partial charge in [-0.25, -0.2) is 13.8 Å². The van der Waals surface area contributed by atoms with E-state index in [1.54, 1.807) is 0 Å². The van der Waals surface area contributed by atoms with Crippen molar-refractivity contribution in [3.05, 3.63) is 53.6 Å². The predicted molar refractivity (Wildman–Crippen MR) is 80.6 cm³/mol. The van der Waals surface area contributed by atoms with Crippen LogP contribution in [0.2, 0.25) is 0 Å². The van der Waals surface area contributed by atoms with Crippen LogP contribution in [0.4, 0.5) is 27.1 Å². The van der Waals surface area contributed by atoms with E-state index in [9.17, 15) is 26.7 Å². The molecular weight excluding hydrogens is 367 g/mol. The second-order valence-corrected chi connectivity index (χ2v) is 5.81. The first kappa shape index (κ1) is 17.1. The van der Waals surface area contributed by atoms with Crippen molar-refractivity contribution in [2.24, 2.45) is 0 Å². The first-order chi connectivity index (χ1) is 11.7. The fraction of sp³-hybridized carbons (Fsp3) is 0.0667. The summed E-state index contributed by atoms with van der Waals surface area (Å²) in [5.74, 6) is -3.41. The average Bonchev–Trinajstić information content (AvgIpc) is 2.89. The molecule has 1 heterocycles. The van der Waals surface area contributed by atoms with Gasteiger partial charge in [-0.15, -0.1) is 13.2 Å². The molecule has 1 aromatic heterocycles. The number of carbonyl (C=O) groups excluding carboxylic acids is 1. The SMILES string of the molecule is O=C(Nc1nc2ccc(OC(F)(F)F)cc2s1)c1ccc(F)c(F)c1. The van der Waals surface area contributed by atoms with Crippen molar-refractivity contribution in [3.8, 4) is 5.75 Å². The lowest BCUT2D eigenvalue weighted by atomic mass is 10.2. The number of alkyl halides is 3. The van der Waals surface area contributed by atoms with Crippen molar-refractivity contribution in [1.29, 1.82) is 0 Å². The second kappa shape index (κ2) is 6.28. The molecule has 3 rings (SSSR count). The van der Waals surface area contributed by atoms with Gasteiger partial charge in [0.2, 0.25) is 0 Å². The lowest BCUT2D eigenvalue weighted by Crippen LogP contribution is -2.16. The number of benzene rings is 2. The maximum atomic E-state index is 13.2. The average molecular weight is 374 g/mol. The van der Waals surface area contributed by atoms with E-state index in [1.165, 1.54) is 6.07 Å². The Hall–Kier alpha value is -2.75. The fourth-order valence-electron chi connectivity index (χ4n) is 1.96. The summed E-state index contributed by atoms with van der Waals surface area (Å²) in [6.45, 7) is 0. The molecule has 25 heavy (non-hydrogen) atoms. The van der Waals surface area contributed by atoms with Crippen LogP contribution in [0.3, 0.4) is 0 Å². The molecule has 0 fully saturated rings. The highest BCUT2D eigenvalue weighted by atomic mass is 32.1. The molecule has 0 atom stereocenters. The normalized spacial score (nSPS) is 11.6. The van der Waals surface area contributed by atoms with E-state index in [2.05, 4.69) is 15.0 Å². The Labute approximate surface area is 140 Å². The van der Waals surface area contributed by atoms with Crippen LogP contribution in [0.5, 0.6) is 5.75 Å². The minimum absolute atomic E-state index is 0.0916. The zero-order valence-corrected chi connectivity index (χ0v) is 12.8. The van der Waals surface area contributed by atoms with E-state index in [1.807, 2.05) is 0 Å². The monoisotopic (exact) mass is 374 g/mol. The Bertz CT molecular complexity index is 955. The van der Waals surface area contributed by atoms with E-state index < -0.39 is 29.7 Å². The molecule has 10 heteroatoms. The molecule has 3 aromatic rings. The standard InChI is InChI=1S/C15H7F5N2O2S/c16-9-3-1-7(5-10(9)17)13(23)22-14-21-11-4-2-8(6-12(11)25-14)24-15(18,19)20/h1-6H,(H,21,22,23). The Morgan fingerprint density at radius 1 is 1.08 bits per heavy atom. The van der Waals surface area contributed by atoms with Crippen LogP contribution in [0.25, 0.3) is 10.2 Å². The van der Waals surface area contributed by atoms with E-state index in [4.69, 9.17) is 0 Å². The Kier molecular flexibility index (Phi) is 4.29. The maximum absolute atomic E-state index is 13.2. The van der Waals surface area contributed by atoms with Crippen molar-refractivity contribution in [2.45, 2.75) is 6.36 Å². The Morgan fingerprint density at radius 3 is 2.52 bits per heavy atom. The third-order valence-electron chi connectivity index (χ3n) is 3.00. The number of anilines is 1. The lowest BCUT2D eigenvalue weighted by Gasteiger charge is -2.07. The van der Waals surface area contributed by atoms with E-state index in [0.717, 1.165) is 41.7 Å². The first-order valence-electron chi connectivity index (χ1n) is 6.64. The molecule has 1 amide bonds. The lowest BCUT2D eigenvalue weighted by molar-refractivity contribution is -0.274. The third kappa shape index (κ3) is 4.02. The third-order valence-corrected chi connectivity index (χ3v) is 3.93. The summed E-state index contributed by atoms with van der Waals surface area (Å²) >= 11 is 0.910. The van der Waals surface area contributed by atoms with Gasteiger partial charge in [0, 0.05) is 11.6 Å². The van der Waals surface area contributed by atoms with Crippen LogP contribution in [0, 0.1) is 11.6 Å². The summed E-state index contributed by atoms with van der Waals surface area (Å²) in [4.78, 5) is 16.0. The van der Waals surface area contributed by atoms with Gasteiger partial charge in [-0.2, -0.15) is 0 Å². The number of ether oxygens (including phenoxy) is 1. The zero-order valence-electron chi connectivity index (χ0n) is 12.0. The summed E-state index contributed by atoms with van der Waals surface area (Å²) in [5.41, 5.74) is 0.222. The Morgan fingerprint density at radius 2 is 1.84 bits per heavy atom. The predicted octanol–water partition coefficient (Wildman–Crippen LogP) is 4.73. The number of aromatic nitrogens is 1. The Balaban J connectivity index is 1.81. The van der Waals surface area contributed by atoms with Crippen molar-refractivity contribution in [3.63, 3.8) is 0 Å². The number of nitrogens with zero attached hydrogens (tertiary/aromatic N) is 1. The molecule has 0 saturated carbocycles. The molecule has 130 valence electrons. The van der Waals surface area contributed by atoms with E-state index in [0.29, 0.717) is 10.2 Å². The van der Waals surface area contributed by atoms with E-state index >= 15 is 0 Å². The summed E-state index contributed by atoms with van der Waals surface area (Å²) < 4.78 is 66.8. The summed E-state index contributed by atoms with van der Waals surface area (Å²) in [5, 5.41) is 2.47. The van der Waals surface area contributed by atoms with Gasteiger partial charge in [0.1, 0.15) is 5.75 Å². The first-order valence-corrected chi connectivity index (χ1v) is 7.46. The molecule has 4 nitrogen and oxygen atoms in total. The number of hydrogen-bond donors (Lipinski definition) is 1. The molecule has 0 aliphatic heterocycles. The molecule has 0 saturated heterocycles. The number of thiazole rings is 1. The van der Waals surface area contributed by atoms with Crippen molar-refractivity contribution < 1.29 is 31.5 Å². The van der Waals surface area contributed by atoms with Gasteiger partial charge in [-0.1, -0.05) is 11.3 Å². The fourth-order valence-corrected chi connectivity index (χ4v) is 2.85. The van der Waals surface area contributed by atoms with Gasteiger partial charge in [0.15, 0.2) is 16.8 Å². The van der Waals surface area contributed by atoms with Gasteiger partial charge >= 0.3 is 6.36 Å². The van der Waals surface area contributed by atoms with Crippen LogP contribution in [0.1, 0.15) is 10.4 Å². The molecule has 0 aliphatic rings. The van der Waals surface area contributed by atoms with Crippen LogP contribution in [0.15, 0.2) is 36.4 Å². The van der Waals surface area contributed by atoms with Gasteiger partial charge in [0.05, 0.1) is 10.2 Å². The van der Waals surface area contributed by atoms with Crippen LogP contribution < -0.4 is 10.1 Å².